The lowest BCUT2D eigenvalue weighted by Gasteiger charge is -2.03. The van der Waals surface area contributed by atoms with Gasteiger partial charge in [0.05, 0.1) is 12.0 Å². The van der Waals surface area contributed by atoms with E-state index in [-0.39, 0.29) is 5.69 Å². The van der Waals surface area contributed by atoms with E-state index in [2.05, 4.69) is 4.74 Å². The molecule has 1 unspecified atom stereocenters. The Kier molecular flexibility index (Phi) is 2.99. The fraction of sp³-hybridized carbons (Fsp3) is 0.182. The van der Waals surface area contributed by atoms with Crippen molar-refractivity contribution in [1.82, 2.24) is 4.57 Å². The first kappa shape index (κ1) is 11.8. The Morgan fingerprint density at radius 2 is 2.06 bits per heavy atom. The number of hydrogen-bond donors (Lipinski definition) is 1. The summed E-state index contributed by atoms with van der Waals surface area (Å²) in [5.74, 6) is -0.544. The number of para-hydroxylation sites is 1. The molecule has 1 aromatic carbocycles. The normalized spacial score (nSPS) is 12.6. The van der Waals surface area contributed by atoms with Crippen molar-refractivity contribution in [1.29, 1.82) is 0 Å². The number of nitrogens with zero attached hydrogens (tertiary/aromatic N) is 1. The van der Waals surface area contributed by atoms with Gasteiger partial charge in [-0.05, 0) is 6.07 Å². The molecule has 0 aliphatic rings. The molecule has 2 N–H and O–H groups in total. The van der Waals surface area contributed by atoms with Crippen LogP contribution < -0.4 is 5.14 Å². The van der Waals surface area contributed by atoms with Gasteiger partial charge in [-0.25, -0.2) is 14.1 Å². The van der Waals surface area contributed by atoms with Crippen LogP contribution in [-0.2, 0) is 22.8 Å². The highest BCUT2D eigenvalue weighted by molar-refractivity contribution is 7.83. The molecule has 0 amide bonds. The zero-order chi connectivity index (χ0) is 12.6. The maximum Gasteiger partial charge on any atom is 0.356 e. The zero-order valence-electron chi connectivity index (χ0n) is 9.47. The summed E-state index contributed by atoms with van der Waals surface area (Å²) in [7, 11) is 1.26. The molecular formula is C11H12N2O3S. The molecule has 1 heterocycles. The van der Waals surface area contributed by atoms with E-state index < -0.39 is 17.0 Å². The van der Waals surface area contributed by atoms with E-state index in [0.29, 0.717) is 10.3 Å². The largest absolute Gasteiger partial charge is 0.464 e. The summed E-state index contributed by atoms with van der Waals surface area (Å²) in [6.45, 7) is 0. The van der Waals surface area contributed by atoms with Crippen LogP contribution >= 0.6 is 0 Å². The van der Waals surface area contributed by atoms with Crippen LogP contribution in [0.1, 0.15) is 10.5 Å². The quantitative estimate of drug-likeness (QED) is 0.808. The number of methoxy groups -OCH3 is 1. The van der Waals surface area contributed by atoms with E-state index in [1.54, 1.807) is 23.7 Å². The molecule has 0 saturated heterocycles. The second-order valence-corrected chi connectivity index (χ2v) is 4.55. The number of ether oxygens (including phenoxy) is 1. The number of nitrogens with two attached hydrogens (primary N) is 1. The van der Waals surface area contributed by atoms with E-state index in [9.17, 15) is 9.00 Å². The van der Waals surface area contributed by atoms with Crippen molar-refractivity contribution < 1.29 is 13.7 Å². The summed E-state index contributed by atoms with van der Waals surface area (Å²) < 4.78 is 17.9. The number of esters is 1. The minimum atomic E-state index is -1.74. The Hall–Kier alpha value is -1.66. The highest BCUT2D eigenvalue weighted by Gasteiger charge is 2.23. The minimum Gasteiger partial charge on any atom is -0.464 e. The van der Waals surface area contributed by atoms with Gasteiger partial charge in [0.2, 0.25) is 0 Å². The van der Waals surface area contributed by atoms with Crippen LogP contribution in [-0.4, -0.2) is 21.9 Å². The fourth-order valence-electron chi connectivity index (χ4n) is 1.89. The number of rotatable bonds is 2. The SMILES string of the molecule is COC(=O)c1c(S(N)=O)c2ccccc2n1C. The van der Waals surface area contributed by atoms with Gasteiger partial charge in [0, 0.05) is 18.0 Å². The molecule has 5 nitrogen and oxygen atoms in total. The number of carbonyl (C=O) groups excluding carboxylic acids is 1. The van der Waals surface area contributed by atoms with Crippen LogP contribution in [0.5, 0.6) is 0 Å². The third-order valence-corrected chi connectivity index (χ3v) is 3.46. The van der Waals surface area contributed by atoms with Crippen molar-refractivity contribution in [2.45, 2.75) is 4.90 Å². The molecule has 0 aliphatic carbocycles. The lowest BCUT2D eigenvalue weighted by molar-refractivity contribution is 0.0586. The van der Waals surface area contributed by atoms with E-state index in [1.165, 1.54) is 7.11 Å². The number of aryl methyl sites for hydroxylation is 1. The summed E-state index contributed by atoms with van der Waals surface area (Å²) in [5, 5.41) is 6.14. The first-order valence-electron chi connectivity index (χ1n) is 4.89. The van der Waals surface area contributed by atoms with Gasteiger partial charge in [-0.3, -0.25) is 0 Å². The second-order valence-electron chi connectivity index (χ2n) is 3.54. The number of carbonyl (C=O) groups is 1. The molecule has 0 fully saturated rings. The number of aromatic nitrogens is 1. The van der Waals surface area contributed by atoms with Gasteiger partial charge in [-0.2, -0.15) is 0 Å². The monoisotopic (exact) mass is 252 g/mol. The molecule has 0 aliphatic heterocycles. The average molecular weight is 252 g/mol. The lowest BCUT2D eigenvalue weighted by atomic mass is 10.2. The van der Waals surface area contributed by atoms with Gasteiger partial charge in [0.25, 0.3) is 0 Å². The van der Waals surface area contributed by atoms with Crippen LogP contribution in [0.25, 0.3) is 10.9 Å². The van der Waals surface area contributed by atoms with Gasteiger partial charge in [-0.1, -0.05) is 18.2 Å². The van der Waals surface area contributed by atoms with Crippen molar-refractivity contribution in [2.75, 3.05) is 7.11 Å². The van der Waals surface area contributed by atoms with Crippen LogP contribution in [0.15, 0.2) is 29.2 Å². The van der Waals surface area contributed by atoms with E-state index in [0.717, 1.165) is 5.52 Å². The van der Waals surface area contributed by atoms with Gasteiger partial charge in [-0.15, -0.1) is 0 Å². The van der Waals surface area contributed by atoms with Crippen LogP contribution in [0.2, 0.25) is 0 Å². The third-order valence-electron chi connectivity index (χ3n) is 2.64. The van der Waals surface area contributed by atoms with Crippen molar-refractivity contribution in [3.05, 3.63) is 30.0 Å². The lowest BCUT2D eigenvalue weighted by Crippen LogP contribution is -2.13. The van der Waals surface area contributed by atoms with Gasteiger partial charge >= 0.3 is 5.97 Å². The fourth-order valence-corrected chi connectivity index (χ4v) is 2.69. The Labute approximate surface area is 101 Å². The predicted octanol–water partition coefficient (Wildman–Crippen LogP) is 0.946. The third kappa shape index (κ3) is 1.75. The van der Waals surface area contributed by atoms with Gasteiger partial charge < -0.3 is 9.30 Å². The maximum absolute atomic E-state index is 11.7. The molecule has 90 valence electrons. The Morgan fingerprint density at radius 1 is 1.41 bits per heavy atom. The average Bonchev–Trinajstić information content (AvgIpc) is 2.62. The molecule has 2 rings (SSSR count). The summed E-state index contributed by atoms with van der Waals surface area (Å²) >= 11 is 0. The summed E-state index contributed by atoms with van der Waals surface area (Å²) in [6, 6.07) is 7.26. The summed E-state index contributed by atoms with van der Waals surface area (Å²) in [4.78, 5) is 12.0. The topological polar surface area (TPSA) is 74.3 Å². The Morgan fingerprint density at radius 3 is 2.65 bits per heavy atom. The number of hydrogen-bond acceptors (Lipinski definition) is 3. The molecule has 1 atom stereocenters. The molecule has 6 heteroatoms. The Balaban J connectivity index is 2.90. The van der Waals surface area contributed by atoms with E-state index in [4.69, 9.17) is 5.14 Å². The maximum atomic E-state index is 11.7. The molecule has 1 aromatic heterocycles. The van der Waals surface area contributed by atoms with Gasteiger partial charge in [0.15, 0.2) is 0 Å². The second kappa shape index (κ2) is 4.31. The molecule has 0 radical (unpaired) electrons. The van der Waals surface area contributed by atoms with Crippen molar-refractivity contribution in [3.63, 3.8) is 0 Å². The smallest absolute Gasteiger partial charge is 0.356 e. The highest BCUT2D eigenvalue weighted by Crippen LogP contribution is 2.27. The first-order valence-corrected chi connectivity index (χ1v) is 6.11. The van der Waals surface area contributed by atoms with Crippen molar-refractivity contribution in [2.24, 2.45) is 12.2 Å². The number of fused-ring (bicyclic) bond motifs is 1. The standard InChI is InChI=1S/C11H12N2O3S/c1-13-8-6-4-3-5-7(8)10(17(12)15)9(13)11(14)16-2/h3-6H,12H2,1-2H3. The van der Waals surface area contributed by atoms with Crippen LogP contribution in [0, 0.1) is 0 Å². The summed E-state index contributed by atoms with van der Waals surface area (Å²) in [5.41, 5.74) is 1.02. The molecule has 0 saturated carbocycles. The number of benzene rings is 1. The molecule has 17 heavy (non-hydrogen) atoms. The van der Waals surface area contributed by atoms with Crippen molar-refractivity contribution >= 4 is 27.9 Å². The van der Waals surface area contributed by atoms with Crippen LogP contribution in [0.4, 0.5) is 0 Å². The van der Waals surface area contributed by atoms with Crippen LogP contribution in [0.3, 0.4) is 0 Å². The van der Waals surface area contributed by atoms with Gasteiger partial charge in [0.1, 0.15) is 16.7 Å². The molecule has 0 bridgehead atoms. The first-order chi connectivity index (χ1) is 8.07. The zero-order valence-corrected chi connectivity index (χ0v) is 10.3. The molecule has 0 spiro atoms. The van der Waals surface area contributed by atoms with Crippen molar-refractivity contribution in [3.8, 4) is 0 Å². The highest BCUT2D eigenvalue weighted by atomic mass is 32.2. The Bertz CT molecular complexity index is 618. The molecular weight excluding hydrogens is 240 g/mol. The minimum absolute atomic E-state index is 0.231. The molecule has 2 aromatic rings. The summed E-state index contributed by atoms with van der Waals surface area (Å²) in [6.07, 6.45) is 0. The van der Waals surface area contributed by atoms with E-state index in [1.807, 2.05) is 12.1 Å². The predicted molar refractivity (Wildman–Crippen MR) is 64.9 cm³/mol. The van der Waals surface area contributed by atoms with E-state index >= 15 is 0 Å².